The maximum absolute atomic E-state index is 10.2. The third-order valence-electron chi connectivity index (χ3n) is 2.94. The molecule has 2 N–H and O–H groups in total. The van der Waals surface area contributed by atoms with E-state index in [0.717, 1.165) is 5.56 Å². The summed E-state index contributed by atoms with van der Waals surface area (Å²) in [6.45, 7) is 5.55. The van der Waals surface area contributed by atoms with E-state index < -0.39 is 11.7 Å². The van der Waals surface area contributed by atoms with Crippen LogP contribution < -0.4 is 0 Å². The largest absolute Gasteiger partial charge is 0.389 e. The first-order valence-electron chi connectivity index (χ1n) is 5.67. The molecule has 1 aromatic rings. The van der Waals surface area contributed by atoms with Crippen LogP contribution in [0.2, 0.25) is 0 Å². The summed E-state index contributed by atoms with van der Waals surface area (Å²) in [6, 6.07) is 9.42. The van der Waals surface area contributed by atoms with Gasteiger partial charge in [0, 0.05) is 6.42 Å². The highest BCUT2D eigenvalue weighted by Gasteiger charge is 2.27. The molecule has 16 heavy (non-hydrogen) atoms. The fraction of sp³-hybridized carbons (Fsp3) is 0.429. The Labute approximate surface area is 97.2 Å². The number of hydrogen-bond donors (Lipinski definition) is 2. The number of rotatable bonds is 6. The number of benzene rings is 1. The van der Waals surface area contributed by atoms with Crippen LogP contribution in [0.15, 0.2) is 43.0 Å². The lowest BCUT2D eigenvalue weighted by Gasteiger charge is -2.28. The van der Waals surface area contributed by atoms with Crippen LogP contribution in [0.3, 0.4) is 0 Å². The summed E-state index contributed by atoms with van der Waals surface area (Å²) < 4.78 is 0. The highest BCUT2D eigenvalue weighted by Crippen LogP contribution is 2.28. The zero-order chi connectivity index (χ0) is 12.0. The zero-order valence-electron chi connectivity index (χ0n) is 9.76. The highest BCUT2D eigenvalue weighted by molar-refractivity contribution is 5.17. The molecule has 0 amide bonds. The normalized spacial score (nSPS) is 16.4. The van der Waals surface area contributed by atoms with Crippen molar-refractivity contribution in [2.45, 2.75) is 37.9 Å². The zero-order valence-corrected chi connectivity index (χ0v) is 9.76. The maximum Gasteiger partial charge on any atom is 0.0817 e. The summed E-state index contributed by atoms with van der Waals surface area (Å²) in [5.41, 5.74) is -0.00442. The van der Waals surface area contributed by atoms with Gasteiger partial charge in [-0.3, -0.25) is 0 Å². The SMILES string of the molecule is C=CC[C@@](O)(CC)C[C@@H](O)c1ccccc1. The average molecular weight is 220 g/mol. The standard InChI is InChI=1S/C14H20O2/c1-3-10-14(16,4-2)11-13(15)12-8-6-5-7-9-12/h3,5-9,13,15-16H,1,4,10-11H2,2H3/t13-,14+/m1/s1. The second kappa shape index (κ2) is 5.83. The lowest BCUT2D eigenvalue weighted by molar-refractivity contribution is -0.0123. The van der Waals surface area contributed by atoms with E-state index in [-0.39, 0.29) is 0 Å². The molecule has 2 atom stereocenters. The second-order valence-electron chi connectivity index (χ2n) is 4.20. The first kappa shape index (κ1) is 12.9. The number of aliphatic hydroxyl groups excluding tert-OH is 1. The van der Waals surface area contributed by atoms with Crippen molar-refractivity contribution in [2.24, 2.45) is 0 Å². The first-order chi connectivity index (χ1) is 7.61. The molecule has 88 valence electrons. The summed E-state index contributed by atoms with van der Waals surface area (Å²) in [5.74, 6) is 0. The van der Waals surface area contributed by atoms with Crippen molar-refractivity contribution in [1.29, 1.82) is 0 Å². The monoisotopic (exact) mass is 220 g/mol. The van der Waals surface area contributed by atoms with Gasteiger partial charge in [-0.1, -0.05) is 43.3 Å². The van der Waals surface area contributed by atoms with Crippen LogP contribution in [0.25, 0.3) is 0 Å². The Kier molecular flexibility index (Phi) is 4.71. The van der Waals surface area contributed by atoms with Crippen molar-refractivity contribution in [3.63, 3.8) is 0 Å². The third kappa shape index (κ3) is 3.47. The van der Waals surface area contributed by atoms with Crippen molar-refractivity contribution in [3.05, 3.63) is 48.6 Å². The maximum atomic E-state index is 10.2. The van der Waals surface area contributed by atoms with Gasteiger partial charge in [0.1, 0.15) is 0 Å². The van der Waals surface area contributed by atoms with Gasteiger partial charge in [0.05, 0.1) is 11.7 Å². The lowest BCUT2D eigenvalue weighted by atomic mass is 9.88. The third-order valence-corrected chi connectivity index (χ3v) is 2.94. The Morgan fingerprint density at radius 3 is 2.50 bits per heavy atom. The minimum atomic E-state index is -0.850. The summed E-state index contributed by atoms with van der Waals surface area (Å²) in [7, 11) is 0. The lowest BCUT2D eigenvalue weighted by Crippen LogP contribution is -2.29. The molecule has 0 aliphatic rings. The fourth-order valence-corrected chi connectivity index (χ4v) is 1.79. The second-order valence-corrected chi connectivity index (χ2v) is 4.20. The molecule has 0 spiro atoms. The Morgan fingerprint density at radius 2 is 2.00 bits per heavy atom. The summed E-state index contributed by atoms with van der Waals surface area (Å²) in [4.78, 5) is 0. The molecule has 0 radical (unpaired) electrons. The van der Waals surface area contributed by atoms with Crippen molar-refractivity contribution in [1.82, 2.24) is 0 Å². The molecular formula is C14H20O2. The van der Waals surface area contributed by atoms with E-state index in [0.29, 0.717) is 19.3 Å². The Bertz CT molecular complexity index is 321. The number of aliphatic hydroxyl groups is 2. The van der Waals surface area contributed by atoms with Crippen molar-refractivity contribution >= 4 is 0 Å². The van der Waals surface area contributed by atoms with Gasteiger partial charge in [0.25, 0.3) is 0 Å². The van der Waals surface area contributed by atoms with E-state index in [1.807, 2.05) is 37.3 Å². The van der Waals surface area contributed by atoms with Gasteiger partial charge in [-0.25, -0.2) is 0 Å². The van der Waals surface area contributed by atoms with E-state index in [2.05, 4.69) is 6.58 Å². The van der Waals surface area contributed by atoms with E-state index in [1.54, 1.807) is 6.08 Å². The predicted molar refractivity (Wildman–Crippen MR) is 66.1 cm³/mol. The van der Waals surface area contributed by atoms with Crippen LogP contribution in [0.4, 0.5) is 0 Å². The van der Waals surface area contributed by atoms with E-state index in [9.17, 15) is 10.2 Å². The molecule has 0 unspecified atom stereocenters. The van der Waals surface area contributed by atoms with Crippen molar-refractivity contribution in [3.8, 4) is 0 Å². The Balaban J connectivity index is 2.69. The van der Waals surface area contributed by atoms with Crippen LogP contribution in [0, 0.1) is 0 Å². The van der Waals surface area contributed by atoms with Gasteiger partial charge in [0.2, 0.25) is 0 Å². The van der Waals surface area contributed by atoms with Crippen LogP contribution in [0.1, 0.15) is 37.9 Å². The van der Waals surface area contributed by atoms with Gasteiger partial charge in [-0.2, -0.15) is 0 Å². The predicted octanol–water partition coefficient (Wildman–Crippen LogP) is 2.83. The minimum absolute atomic E-state index is 0.347. The molecule has 0 saturated heterocycles. The fourth-order valence-electron chi connectivity index (χ4n) is 1.79. The Morgan fingerprint density at radius 1 is 1.38 bits per heavy atom. The average Bonchev–Trinajstić information content (AvgIpc) is 2.30. The smallest absolute Gasteiger partial charge is 0.0817 e. The van der Waals surface area contributed by atoms with E-state index in [1.165, 1.54) is 0 Å². The molecule has 1 rings (SSSR count). The molecule has 0 heterocycles. The summed E-state index contributed by atoms with van der Waals surface area (Å²) in [5, 5.41) is 20.2. The van der Waals surface area contributed by atoms with Crippen molar-refractivity contribution in [2.75, 3.05) is 0 Å². The molecule has 0 aliphatic heterocycles. The molecule has 2 nitrogen and oxygen atoms in total. The molecule has 1 aromatic carbocycles. The summed E-state index contributed by atoms with van der Waals surface area (Å²) >= 11 is 0. The first-order valence-corrected chi connectivity index (χ1v) is 5.67. The van der Waals surface area contributed by atoms with Crippen molar-refractivity contribution < 1.29 is 10.2 Å². The van der Waals surface area contributed by atoms with Gasteiger partial charge >= 0.3 is 0 Å². The molecule has 0 bridgehead atoms. The molecule has 0 aliphatic carbocycles. The molecular weight excluding hydrogens is 200 g/mol. The van der Waals surface area contributed by atoms with Crippen LogP contribution in [-0.2, 0) is 0 Å². The molecule has 0 aromatic heterocycles. The minimum Gasteiger partial charge on any atom is -0.389 e. The van der Waals surface area contributed by atoms with Crippen LogP contribution >= 0.6 is 0 Å². The number of hydrogen-bond acceptors (Lipinski definition) is 2. The molecule has 0 fully saturated rings. The molecule has 0 saturated carbocycles. The van der Waals surface area contributed by atoms with Gasteiger partial charge in [-0.05, 0) is 18.4 Å². The quantitative estimate of drug-likeness (QED) is 0.724. The van der Waals surface area contributed by atoms with E-state index in [4.69, 9.17) is 0 Å². The van der Waals surface area contributed by atoms with Crippen LogP contribution in [0.5, 0.6) is 0 Å². The highest BCUT2D eigenvalue weighted by atomic mass is 16.3. The van der Waals surface area contributed by atoms with Gasteiger partial charge in [-0.15, -0.1) is 6.58 Å². The van der Waals surface area contributed by atoms with E-state index >= 15 is 0 Å². The summed E-state index contributed by atoms with van der Waals surface area (Å²) in [6.07, 6.45) is 2.54. The Hall–Kier alpha value is -1.12. The van der Waals surface area contributed by atoms with Gasteiger partial charge < -0.3 is 10.2 Å². The topological polar surface area (TPSA) is 40.5 Å². The molecule has 2 heteroatoms. The van der Waals surface area contributed by atoms with Gasteiger partial charge in [0.15, 0.2) is 0 Å². The van der Waals surface area contributed by atoms with Crippen LogP contribution in [-0.4, -0.2) is 15.8 Å².